The Morgan fingerprint density at radius 1 is 0.871 bits per heavy atom. The van der Waals surface area contributed by atoms with E-state index in [1.807, 2.05) is 38.1 Å². The lowest BCUT2D eigenvalue weighted by atomic mass is 9.99. The molecule has 164 valence electrons. The van der Waals surface area contributed by atoms with Crippen LogP contribution in [-0.4, -0.2) is 43.9 Å². The molecule has 0 saturated carbocycles. The summed E-state index contributed by atoms with van der Waals surface area (Å²) in [7, 11) is 3.29. The number of anilines is 2. The molecule has 31 heavy (non-hydrogen) atoms. The summed E-state index contributed by atoms with van der Waals surface area (Å²) in [5, 5.41) is 0.750. The van der Waals surface area contributed by atoms with Crippen LogP contribution in [0, 0.1) is 0 Å². The van der Waals surface area contributed by atoms with E-state index in [1.54, 1.807) is 14.2 Å². The number of methoxy groups -OCH3 is 2. The SMILES string of the molecule is CCOc1cc2nc(N3CCc4cc(OC)c(OC)cc4C3)nc(N)c2cc1OCC. The summed E-state index contributed by atoms with van der Waals surface area (Å²) in [6.45, 7) is 6.38. The second-order valence-corrected chi connectivity index (χ2v) is 7.24. The predicted octanol–water partition coefficient (Wildman–Crippen LogP) is 3.59. The van der Waals surface area contributed by atoms with Crippen molar-refractivity contribution in [3.05, 3.63) is 35.4 Å². The Labute approximate surface area is 181 Å². The smallest absolute Gasteiger partial charge is 0.228 e. The van der Waals surface area contributed by atoms with E-state index in [-0.39, 0.29) is 0 Å². The van der Waals surface area contributed by atoms with Crippen molar-refractivity contribution in [1.29, 1.82) is 0 Å². The molecule has 0 saturated heterocycles. The summed E-state index contributed by atoms with van der Waals surface area (Å²) in [4.78, 5) is 11.5. The van der Waals surface area contributed by atoms with Gasteiger partial charge in [0.2, 0.25) is 5.95 Å². The monoisotopic (exact) mass is 424 g/mol. The van der Waals surface area contributed by atoms with Crippen LogP contribution in [0.15, 0.2) is 24.3 Å². The van der Waals surface area contributed by atoms with Crippen LogP contribution in [0.3, 0.4) is 0 Å². The largest absolute Gasteiger partial charge is 0.493 e. The van der Waals surface area contributed by atoms with Gasteiger partial charge >= 0.3 is 0 Å². The van der Waals surface area contributed by atoms with Gasteiger partial charge in [0.25, 0.3) is 0 Å². The molecule has 8 nitrogen and oxygen atoms in total. The van der Waals surface area contributed by atoms with E-state index in [1.165, 1.54) is 5.56 Å². The van der Waals surface area contributed by atoms with Crippen LogP contribution in [0.25, 0.3) is 10.9 Å². The van der Waals surface area contributed by atoms with Crippen molar-refractivity contribution in [2.45, 2.75) is 26.8 Å². The molecule has 8 heteroatoms. The number of benzene rings is 2. The molecule has 0 spiro atoms. The predicted molar refractivity (Wildman–Crippen MR) is 121 cm³/mol. The van der Waals surface area contributed by atoms with E-state index in [2.05, 4.69) is 9.88 Å². The minimum absolute atomic E-state index is 0.419. The van der Waals surface area contributed by atoms with Gasteiger partial charge in [-0.15, -0.1) is 0 Å². The molecule has 0 atom stereocenters. The van der Waals surface area contributed by atoms with Gasteiger partial charge in [-0.1, -0.05) is 0 Å². The van der Waals surface area contributed by atoms with Gasteiger partial charge in [-0.25, -0.2) is 4.98 Å². The zero-order valence-electron chi connectivity index (χ0n) is 18.4. The van der Waals surface area contributed by atoms with E-state index < -0.39 is 0 Å². The first-order chi connectivity index (χ1) is 15.1. The summed E-state index contributed by atoms with van der Waals surface area (Å²) in [5.74, 6) is 3.77. The lowest BCUT2D eigenvalue weighted by Gasteiger charge is -2.30. The van der Waals surface area contributed by atoms with Crippen LogP contribution < -0.4 is 29.6 Å². The van der Waals surface area contributed by atoms with Crippen LogP contribution in [0.2, 0.25) is 0 Å². The molecule has 2 N–H and O–H groups in total. The first-order valence-electron chi connectivity index (χ1n) is 10.4. The number of nitrogen functional groups attached to an aromatic ring is 1. The molecule has 0 bridgehead atoms. The quantitative estimate of drug-likeness (QED) is 0.615. The first kappa shape index (κ1) is 20.8. The second kappa shape index (κ2) is 8.75. The molecule has 1 aliphatic heterocycles. The minimum Gasteiger partial charge on any atom is -0.493 e. The maximum atomic E-state index is 6.32. The molecule has 1 aromatic heterocycles. The van der Waals surface area contributed by atoms with Gasteiger partial charge in [-0.2, -0.15) is 4.98 Å². The fourth-order valence-electron chi connectivity index (χ4n) is 3.88. The molecule has 0 amide bonds. The van der Waals surface area contributed by atoms with Gasteiger partial charge in [0.15, 0.2) is 23.0 Å². The second-order valence-electron chi connectivity index (χ2n) is 7.24. The molecule has 3 aromatic rings. The van der Waals surface area contributed by atoms with Crippen LogP contribution in [0.5, 0.6) is 23.0 Å². The van der Waals surface area contributed by atoms with E-state index >= 15 is 0 Å². The molecule has 2 heterocycles. The molecule has 0 radical (unpaired) electrons. The average molecular weight is 425 g/mol. The molecular formula is C23H28N4O4. The Balaban J connectivity index is 1.71. The average Bonchev–Trinajstić information content (AvgIpc) is 2.78. The van der Waals surface area contributed by atoms with Gasteiger partial charge in [-0.05, 0) is 49.6 Å². The third kappa shape index (κ3) is 3.97. The van der Waals surface area contributed by atoms with Gasteiger partial charge in [-0.3, -0.25) is 0 Å². The topological polar surface area (TPSA) is 92.0 Å². The summed E-state index contributed by atoms with van der Waals surface area (Å²) >= 11 is 0. The zero-order chi connectivity index (χ0) is 22.0. The van der Waals surface area contributed by atoms with Crippen molar-refractivity contribution in [3.8, 4) is 23.0 Å². The van der Waals surface area contributed by atoms with Gasteiger partial charge in [0, 0.05) is 24.5 Å². The van der Waals surface area contributed by atoms with E-state index in [9.17, 15) is 0 Å². The fourth-order valence-corrected chi connectivity index (χ4v) is 3.88. The van der Waals surface area contributed by atoms with Crippen molar-refractivity contribution in [3.63, 3.8) is 0 Å². The van der Waals surface area contributed by atoms with E-state index in [4.69, 9.17) is 29.7 Å². The highest BCUT2D eigenvalue weighted by molar-refractivity contribution is 5.91. The van der Waals surface area contributed by atoms with Crippen molar-refractivity contribution >= 4 is 22.7 Å². The third-order valence-electron chi connectivity index (χ3n) is 5.38. The Bertz CT molecular complexity index is 1100. The van der Waals surface area contributed by atoms with Crippen LogP contribution in [0.1, 0.15) is 25.0 Å². The molecule has 0 aliphatic carbocycles. The normalized spacial score (nSPS) is 13.1. The maximum Gasteiger partial charge on any atom is 0.228 e. The number of nitrogens with two attached hydrogens (primary N) is 1. The van der Waals surface area contributed by atoms with Crippen molar-refractivity contribution in [2.24, 2.45) is 0 Å². The van der Waals surface area contributed by atoms with Gasteiger partial charge in [0.1, 0.15) is 5.82 Å². The minimum atomic E-state index is 0.419. The van der Waals surface area contributed by atoms with Crippen LogP contribution >= 0.6 is 0 Å². The maximum absolute atomic E-state index is 6.32. The standard InChI is InChI=1S/C23H28N4O4/c1-5-30-20-11-16-17(12-21(20)31-6-2)25-23(26-22(16)24)27-8-7-14-9-18(28-3)19(29-4)10-15(14)13-27/h9-12H,5-8,13H2,1-4H3,(H2,24,25,26). The highest BCUT2D eigenvalue weighted by Gasteiger charge is 2.22. The number of ether oxygens (including phenoxy) is 4. The number of fused-ring (bicyclic) bond motifs is 2. The summed E-state index contributed by atoms with van der Waals surface area (Å²) in [6, 6.07) is 7.79. The summed E-state index contributed by atoms with van der Waals surface area (Å²) in [6.07, 6.45) is 0.852. The lowest BCUT2D eigenvalue weighted by Crippen LogP contribution is -2.32. The molecule has 2 aromatic carbocycles. The Morgan fingerprint density at radius 2 is 1.52 bits per heavy atom. The molecule has 4 rings (SSSR count). The molecule has 0 fully saturated rings. The van der Waals surface area contributed by atoms with Crippen molar-refractivity contribution in [1.82, 2.24) is 9.97 Å². The number of hydrogen-bond donors (Lipinski definition) is 1. The highest BCUT2D eigenvalue weighted by Crippen LogP contribution is 2.37. The zero-order valence-corrected chi connectivity index (χ0v) is 18.4. The lowest BCUT2D eigenvalue weighted by molar-refractivity contribution is 0.288. The highest BCUT2D eigenvalue weighted by atomic mass is 16.5. The first-order valence-corrected chi connectivity index (χ1v) is 10.4. The Hall–Kier alpha value is -3.42. The molecule has 0 unspecified atom stereocenters. The molecule has 1 aliphatic rings. The third-order valence-corrected chi connectivity index (χ3v) is 5.38. The Kier molecular flexibility index (Phi) is 5.88. The van der Waals surface area contributed by atoms with Crippen LogP contribution in [0.4, 0.5) is 11.8 Å². The van der Waals surface area contributed by atoms with Crippen molar-refractivity contribution in [2.75, 3.05) is 44.6 Å². The fraction of sp³-hybridized carbons (Fsp3) is 0.391. The number of hydrogen-bond acceptors (Lipinski definition) is 8. The van der Waals surface area contributed by atoms with E-state index in [0.717, 1.165) is 35.2 Å². The molecular weight excluding hydrogens is 396 g/mol. The Morgan fingerprint density at radius 3 is 2.16 bits per heavy atom. The summed E-state index contributed by atoms with van der Waals surface area (Å²) in [5.41, 5.74) is 9.45. The van der Waals surface area contributed by atoms with Gasteiger partial charge in [0.05, 0.1) is 33.0 Å². The van der Waals surface area contributed by atoms with E-state index in [0.29, 0.717) is 48.8 Å². The number of aromatic nitrogens is 2. The number of rotatable bonds is 7. The number of nitrogens with zero attached hydrogens (tertiary/aromatic N) is 3. The van der Waals surface area contributed by atoms with Crippen molar-refractivity contribution < 1.29 is 18.9 Å². The van der Waals surface area contributed by atoms with Gasteiger partial charge < -0.3 is 29.6 Å². The van der Waals surface area contributed by atoms with Crippen LogP contribution in [-0.2, 0) is 13.0 Å². The summed E-state index contributed by atoms with van der Waals surface area (Å²) < 4.78 is 22.4.